The van der Waals surface area contributed by atoms with Crippen LogP contribution in [-0.4, -0.2) is 0 Å². The highest BCUT2D eigenvalue weighted by atomic mass is 14.8. The van der Waals surface area contributed by atoms with Crippen LogP contribution in [0.15, 0.2) is 12.2 Å². The fourth-order valence-corrected chi connectivity index (χ4v) is 9.95. The Morgan fingerprint density at radius 1 is 0.750 bits per heavy atom. The van der Waals surface area contributed by atoms with Gasteiger partial charge in [0.2, 0.25) is 0 Å². The molecular weight excluding hydrogens is 240 g/mol. The van der Waals surface area contributed by atoms with E-state index in [9.17, 15) is 0 Å². The van der Waals surface area contributed by atoms with E-state index in [0.29, 0.717) is 0 Å². The summed E-state index contributed by atoms with van der Waals surface area (Å²) in [6, 6.07) is 0. The Morgan fingerprint density at radius 3 is 2.65 bits per heavy atom. The summed E-state index contributed by atoms with van der Waals surface area (Å²) >= 11 is 0. The Balaban J connectivity index is 1.36. The van der Waals surface area contributed by atoms with Crippen LogP contribution < -0.4 is 0 Å². The third-order valence-corrected chi connectivity index (χ3v) is 9.93. The molecule has 0 radical (unpaired) electrons. The maximum Gasteiger partial charge on any atom is -0.0194 e. The van der Waals surface area contributed by atoms with Crippen molar-refractivity contribution in [1.82, 2.24) is 0 Å². The predicted octanol–water partition coefficient (Wildman–Crippen LogP) is 4.52. The van der Waals surface area contributed by atoms with Gasteiger partial charge in [0.25, 0.3) is 0 Å². The normalized spacial score (nSPS) is 73.6. The average Bonchev–Trinajstić information content (AvgIpc) is 3.22. The van der Waals surface area contributed by atoms with Gasteiger partial charge < -0.3 is 0 Å². The second-order valence-corrected chi connectivity index (χ2v) is 9.79. The van der Waals surface area contributed by atoms with Gasteiger partial charge in [-0.25, -0.2) is 0 Å². The summed E-state index contributed by atoms with van der Waals surface area (Å²) in [6.45, 7) is 0. The SMILES string of the molecule is C1=CC2CC1C1CCC34CC(C5C6CCC(C6)C53)C4C21. The predicted molar refractivity (Wildman–Crippen MR) is 78.8 cm³/mol. The molecule has 6 fully saturated rings. The molecule has 7 aliphatic carbocycles. The van der Waals surface area contributed by atoms with E-state index >= 15 is 0 Å². The average molecular weight is 266 g/mol. The van der Waals surface area contributed by atoms with Crippen molar-refractivity contribution in [3.63, 3.8) is 0 Å². The fourth-order valence-electron chi connectivity index (χ4n) is 9.95. The Kier molecular flexibility index (Phi) is 1.54. The highest BCUT2D eigenvalue weighted by Crippen LogP contribution is 2.84. The van der Waals surface area contributed by atoms with Crippen molar-refractivity contribution in [3.05, 3.63) is 12.2 Å². The molecule has 0 N–H and O–H groups in total. The van der Waals surface area contributed by atoms with Crippen molar-refractivity contribution >= 4 is 0 Å². The summed E-state index contributed by atoms with van der Waals surface area (Å²) in [5, 5.41) is 0. The van der Waals surface area contributed by atoms with Crippen molar-refractivity contribution < 1.29 is 0 Å². The lowest BCUT2D eigenvalue weighted by Gasteiger charge is -2.60. The van der Waals surface area contributed by atoms with Gasteiger partial charge in [0.1, 0.15) is 0 Å². The molecular formula is C20H26. The zero-order chi connectivity index (χ0) is 12.6. The Bertz CT molecular complexity index is 532. The Hall–Kier alpha value is -0.260. The van der Waals surface area contributed by atoms with Crippen LogP contribution in [0.5, 0.6) is 0 Å². The van der Waals surface area contributed by atoms with Gasteiger partial charge in [-0.15, -0.1) is 0 Å². The lowest BCUT2D eigenvalue weighted by atomic mass is 9.44. The van der Waals surface area contributed by atoms with Gasteiger partial charge >= 0.3 is 0 Å². The number of fused-ring (bicyclic) bond motifs is 11. The van der Waals surface area contributed by atoms with Gasteiger partial charge in [-0.05, 0) is 110 Å². The van der Waals surface area contributed by atoms with E-state index in [4.69, 9.17) is 0 Å². The number of hydrogen-bond donors (Lipinski definition) is 0. The zero-order valence-electron chi connectivity index (χ0n) is 12.4. The maximum absolute atomic E-state index is 2.65. The molecule has 7 aliphatic rings. The number of hydrogen-bond acceptors (Lipinski definition) is 0. The van der Waals surface area contributed by atoms with Crippen LogP contribution >= 0.6 is 0 Å². The summed E-state index contributed by atoms with van der Waals surface area (Å²) in [7, 11) is 0. The number of allylic oxidation sites excluding steroid dienone is 2. The summed E-state index contributed by atoms with van der Waals surface area (Å²) in [5.74, 6) is 11.5. The van der Waals surface area contributed by atoms with Crippen LogP contribution in [0, 0.1) is 64.6 Å². The van der Waals surface area contributed by atoms with Crippen LogP contribution in [0.2, 0.25) is 0 Å². The van der Waals surface area contributed by atoms with Gasteiger partial charge in [-0.3, -0.25) is 0 Å². The zero-order valence-corrected chi connectivity index (χ0v) is 12.4. The van der Waals surface area contributed by atoms with Gasteiger partial charge in [-0.1, -0.05) is 12.2 Å². The standard InChI is InChI=1S/C20H26/c1-2-11-7-10(1)14-5-6-20-9-15(19(20)16(11)14)17-12-3-4-13(8-12)18(17)20/h1-2,10-19H,3-9H2. The minimum atomic E-state index is 0.897. The molecule has 0 aromatic heterocycles. The van der Waals surface area contributed by atoms with Gasteiger partial charge in [0, 0.05) is 0 Å². The van der Waals surface area contributed by atoms with Crippen molar-refractivity contribution in [2.24, 2.45) is 64.6 Å². The third-order valence-electron chi connectivity index (χ3n) is 9.93. The Morgan fingerprint density at radius 2 is 1.65 bits per heavy atom. The monoisotopic (exact) mass is 266 g/mol. The first kappa shape index (κ1) is 10.5. The van der Waals surface area contributed by atoms with E-state index in [1.54, 1.807) is 44.9 Å². The second kappa shape index (κ2) is 2.95. The van der Waals surface area contributed by atoms with Crippen LogP contribution in [0.25, 0.3) is 0 Å². The van der Waals surface area contributed by atoms with Crippen LogP contribution in [-0.2, 0) is 0 Å². The molecule has 6 saturated carbocycles. The molecule has 7 rings (SSSR count). The second-order valence-electron chi connectivity index (χ2n) is 9.79. The van der Waals surface area contributed by atoms with E-state index in [1.165, 1.54) is 35.5 Å². The molecule has 6 bridgehead atoms. The minimum absolute atomic E-state index is 0.897. The minimum Gasteiger partial charge on any atom is -0.0848 e. The maximum atomic E-state index is 2.65. The third kappa shape index (κ3) is 0.844. The summed E-state index contributed by atoms with van der Waals surface area (Å²) < 4.78 is 0. The quantitative estimate of drug-likeness (QED) is 0.566. The lowest BCUT2D eigenvalue weighted by Crippen LogP contribution is -2.54. The summed E-state index contributed by atoms with van der Waals surface area (Å²) in [5.41, 5.74) is 0.897. The van der Waals surface area contributed by atoms with Crippen LogP contribution in [0.4, 0.5) is 0 Å². The molecule has 11 atom stereocenters. The van der Waals surface area contributed by atoms with E-state index in [1.807, 2.05) is 0 Å². The lowest BCUT2D eigenvalue weighted by molar-refractivity contribution is -0.113. The van der Waals surface area contributed by atoms with Crippen molar-refractivity contribution in [2.45, 2.75) is 44.9 Å². The van der Waals surface area contributed by atoms with E-state index in [-0.39, 0.29) is 0 Å². The van der Waals surface area contributed by atoms with Crippen LogP contribution in [0.3, 0.4) is 0 Å². The molecule has 0 aromatic rings. The van der Waals surface area contributed by atoms with E-state index < -0.39 is 0 Å². The smallest absolute Gasteiger partial charge is 0.0194 e. The van der Waals surface area contributed by atoms with Gasteiger partial charge in [0.15, 0.2) is 0 Å². The first-order valence-corrected chi connectivity index (χ1v) is 9.55. The first-order valence-electron chi connectivity index (χ1n) is 9.55. The molecule has 106 valence electrons. The molecule has 20 heavy (non-hydrogen) atoms. The van der Waals surface area contributed by atoms with Crippen molar-refractivity contribution in [3.8, 4) is 0 Å². The van der Waals surface area contributed by atoms with E-state index in [2.05, 4.69) is 12.2 Å². The van der Waals surface area contributed by atoms with Crippen LogP contribution in [0.1, 0.15) is 44.9 Å². The van der Waals surface area contributed by atoms with Gasteiger partial charge in [0.05, 0.1) is 0 Å². The molecule has 0 heteroatoms. The fraction of sp³-hybridized carbons (Fsp3) is 0.900. The molecule has 0 aromatic carbocycles. The van der Waals surface area contributed by atoms with Crippen molar-refractivity contribution in [2.75, 3.05) is 0 Å². The highest BCUT2D eigenvalue weighted by molar-refractivity contribution is 5.28. The highest BCUT2D eigenvalue weighted by Gasteiger charge is 2.78. The molecule has 11 unspecified atom stereocenters. The first-order chi connectivity index (χ1) is 9.87. The van der Waals surface area contributed by atoms with Gasteiger partial charge in [-0.2, -0.15) is 0 Å². The molecule has 0 aliphatic heterocycles. The molecule has 0 spiro atoms. The largest absolute Gasteiger partial charge is 0.0848 e. The summed E-state index contributed by atoms with van der Waals surface area (Å²) in [4.78, 5) is 0. The molecule has 0 saturated heterocycles. The molecule has 0 heterocycles. The van der Waals surface area contributed by atoms with E-state index in [0.717, 1.165) is 29.1 Å². The summed E-state index contributed by atoms with van der Waals surface area (Å²) in [6.07, 6.45) is 16.6. The van der Waals surface area contributed by atoms with Crippen molar-refractivity contribution in [1.29, 1.82) is 0 Å². The topological polar surface area (TPSA) is 0 Å². The molecule has 0 nitrogen and oxygen atoms in total. The number of rotatable bonds is 0. The molecule has 0 amide bonds. The Labute approximate surface area is 122 Å².